The van der Waals surface area contributed by atoms with Crippen LogP contribution in [0.1, 0.15) is 18.9 Å². The predicted molar refractivity (Wildman–Crippen MR) is 63.7 cm³/mol. The number of nitrogens with two attached hydrogens (primary N) is 1. The molecule has 0 radical (unpaired) electrons. The lowest BCUT2D eigenvalue weighted by atomic mass is 9.97. The second-order valence-electron chi connectivity index (χ2n) is 3.69. The van der Waals surface area contributed by atoms with E-state index in [0.29, 0.717) is 5.92 Å². The molecule has 2 rings (SSSR count). The molecular formula is C11H13BrN2. The van der Waals surface area contributed by atoms with Gasteiger partial charge in [0.05, 0.1) is 0 Å². The molecule has 1 unspecified atom stereocenters. The van der Waals surface area contributed by atoms with Crippen molar-refractivity contribution in [1.82, 2.24) is 0 Å². The summed E-state index contributed by atoms with van der Waals surface area (Å²) in [7, 11) is 0. The molecule has 1 aliphatic heterocycles. The van der Waals surface area contributed by atoms with Crippen LogP contribution in [0.5, 0.6) is 0 Å². The Hall–Kier alpha value is -0.830. The molecule has 74 valence electrons. The van der Waals surface area contributed by atoms with Gasteiger partial charge in [-0.05, 0) is 24.6 Å². The van der Waals surface area contributed by atoms with Gasteiger partial charge in [-0.15, -0.1) is 0 Å². The number of halogens is 1. The van der Waals surface area contributed by atoms with Gasteiger partial charge in [0, 0.05) is 33.9 Å². The summed E-state index contributed by atoms with van der Waals surface area (Å²) < 4.78 is 1.06. The molecule has 0 saturated carbocycles. The highest BCUT2D eigenvalue weighted by molar-refractivity contribution is 9.10. The van der Waals surface area contributed by atoms with Gasteiger partial charge >= 0.3 is 0 Å². The second kappa shape index (κ2) is 3.73. The molecular weight excluding hydrogens is 240 g/mol. The molecule has 1 aliphatic rings. The molecule has 0 fully saturated rings. The van der Waals surface area contributed by atoms with E-state index in [4.69, 9.17) is 5.73 Å². The highest BCUT2D eigenvalue weighted by atomic mass is 79.9. The van der Waals surface area contributed by atoms with Crippen LogP contribution in [-0.2, 0) is 0 Å². The fourth-order valence-electron chi connectivity index (χ4n) is 1.77. The van der Waals surface area contributed by atoms with Crippen molar-refractivity contribution in [2.75, 3.05) is 12.3 Å². The van der Waals surface area contributed by atoms with E-state index < -0.39 is 0 Å². The van der Waals surface area contributed by atoms with Crippen LogP contribution in [0.2, 0.25) is 0 Å². The maximum absolute atomic E-state index is 5.93. The molecule has 0 aromatic heterocycles. The van der Waals surface area contributed by atoms with E-state index in [0.717, 1.165) is 34.4 Å². The monoisotopic (exact) mass is 252 g/mol. The Kier molecular flexibility index (Phi) is 2.59. The van der Waals surface area contributed by atoms with Crippen LogP contribution in [0.3, 0.4) is 0 Å². The predicted octanol–water partition coefficient (Wildman–Crippen LogP) is 2.86. The molecule has 0 spiro atoms. The Morgan fingerprint density at radius 1 is 1.50 bits per heavy atom. The van der Waals surface area contributed by atoms with Gasteiger partial charge in [-0.25, -0.2) is 0 Å². The van der Waals surface area contributed by atoms with Crippen molar-refractivity contribution in [3.05, 3.63) is 28.2 Å². The molecule has 2 nitrogen and oxygen atoms in total. The van der Waals surface area contributed by atoms with Gasteiger partial charge < -0.3 is 5.73 Å². The average molecular weight is 253 g/mol. The molecule has 0 saturated heterocycles. The summed E-state index contributed by atoms with van der Waals surface area (Å²) in [5.74, 6) is 0.534. The van der Waals surface area contributed by atoms with E-state index in [2.05, 4.69) is 33.9 Å². The number of rotatable bonds is 1. The van der Waals surface area contributed by atoms with Crippen molar-refractivity contribution in [3.63, 3.8) is 0 Å². The standard InChI is InChI=1S/C11H13BrN2/c1-7-4-5-14-11(7)9-6-8(12)2-3-10(9)13/h2-3,6-7H,4-5,13H2,1H3. The number of hydrogen-bond donors (Lipinski definition) is 1. The lowest BCUT2D eigenvalue weighted by Gasteiger charge is -2.10. The number of nitrogen functional groups attached to an aromatic ring is 1. The Balaban J connectivity index is 2.45. The van der Waals surface area contributed by atoms with Gasteiger partial charge in [-0.3, -0.25) is 4.99 Å². The Morgan fingerprint density at radius 2 is 2.29 bits per heavy atom. The van der Waals surface area contributed by atoms with Gasteiger partial charge in [0.1, 0.15) is 0 Å². The van der Waals surface area contributed by atoms with Gasteiger partial charge in [0.2, 0.25) is 0 Å². The molecule has 1 atom stereocenters. The molecule has 1 aromatic carbocycles. The normalized spacial score (nSPS) is 21.0. The summed E-state index contributed by atoms with van der Waals surface area (Å²) in [5.41, 5.74) is 8.99. The summed E-state index contributed by atoms with van der Waals surface area (Å²) in [5, 5.41) is 0. The number of aliphatic imine (C=N–C) groups is 1. The second-order valence-corrected chi connectivity index (χ2v) is 4.60. The van der Waals surface area contributed by atoms with E-state index in [-0.39, 0.29) is 0 Å². The van der Waals surface area contributed by atoms with Crippen LogP contribution in [0, 0.1) is 5.92 Å². The van der Waals surface area contributed by atoms with E-state index in [1.54, 1.807) is 0 Å². The van der Waals surface area contributed by atoms with Gasteiger partial charge in [0.15, 0.2) is 0 Å². The highest BCUT2D eigenvalue weighted by Crippen LogP contribution is 2.26. The SMILES string of the molecule is CC1CCN=C1c1cc(Br)ccc1N. The lowest BCUT2D eigenvalue weighted by molar-refractivity contribution is 0.750. The third-order valence-corrected chi connectivity index (χ3v) is 3.10. The van der Waals surface area contributed by atoms with E-state index in [1.165, 1.54) is 0 Å². The van der Waals surface area contributed by atoms with Crippen molar-refractivity contribution in [2.24, 2.45) is 10.9 Å². The summed E-state index contributed by atoms with van der Waals surface area (Å²) in [6.45, 7) is 3.13. The maximum atomic E-state index is 5.93. The minimum Gasteiger partial charge on any atom is -0.398 e. The first-order valence-electron chi connectivity index (χ1n) is 4.78. The molecule has 14 heavy (non-hydrogen) atoms. The van der Waals surface area contributed by atoms with Gasteiger partial charge in [-0.2, -0.15) is 0 Å². The average Bonchev–Trinajstić information content (AvgIpc) is 2.56. The third-order valence-electron chi connectivity index (χ3n) is 2.60. The summed E-state index contributed by atoms with van der Waals surface area (Å²) in [6.07, 6.45) is 1.14. The van der Waals surface area contributed by atoms with E-state index in [9.17, 15) is 0 Å². The fraction of sp³-hybridized carbons (Fsp3) is 0.364. The van der Waals surface area contributed by atoms with Crippen molar-refractivity contribution < 1.29 is 0 Å². The Morgan fingerprint density at radius 3 is 2.93 bits per heavy atom. The smallest absolute Gasteiger partial charge is 0.0470 e. The van der Waals surface area contributed by atoms with Crippen molar-refractivity contribution in [2.45, 2.75) is 13.3 Å². The maximum Gasteiger partial charge on any atom is 0.0470 e. The minimum absolute atomic E-state index is 0.534. The highest BCUT2D eigenvalue weighted by Gasteiger charge is 2.19. The zero-order chi connectivity index (χ0) is 10.1. The van der Waals surface area contributed by atoms with Crippen molar-refractivity contribution in [1.29, 1.82) is 0 Å². The van der Waals surface area contributed by atoms with Crippen LogP contribution < -0.4 is 5.73 Å². The number of anilines is 1. The van der Waals surface area contributed by atoms with Crippen LogP contribution in [0.25, 0.3) is 0 Å². The number of hydrogen-bond acceptors (Lipinski definition) is 2. The van der Waals surface area contributed by atoms with E-state index in [1.807, 2.05) is 12.1 Å². The van der Waals surface area contributed by atoms with Crippen molar-refractivity contribution >= 4 is 27.3 Å². The molecule has 0 bridgehead atoms. The molecule has 1 heterocycles. The Labute approximate surface area is 92.4 Å². The molecule has 2 N–H and O–H groups in total. The zero-order valence-corrected chi connectivity index (χ0v) is 9.71. The number of benzene rings is 1. The largest absolute Gasteiger partial charge is 0.398 e. The summed E-state index contributed by atoms with van der Waals surface area (Å²) >= 11 is 3.45. The van der Waals surface area contributed by atoms with Crippen LogP contribution in [0.15, 0.2) is 27.7 Å². The van der Waals surface area contributed by atoms with Crippen LogP contribution in [0.4, 0.5) is 5.69 Å². The zero-order valence-electron chi connectivity index (χ0n) is 8.13. The molecule has 0 amide bonds. The molecule has 3 heteroatoms. The Bertz CT molecular complexity index is 385. The topological polar surface area (TPSA) is 38.4 Å². The summed E-state index contributed by atoms with van der Waals surface area (Å²) in [4.78, 5) is 4.50. The first-order valence-corrected chi connectivity index (χ1v) is 5.57. The minimum atomic E-state index is 0.534. The van der Waals surface area contributed by atoms with E-state index >= 15 is 0 Å². The summed E-state index contributed by atoms with van der Waals surface area (Å²) in [6, 6.07) is 5.93. The molecule has 1 aromatic rings. The third kappa shape index (κ3) is 1.69. The number of nitrogens with zero attached hydrogens (tertiary/aromatic N) is 1. The lowest BCUT2D eigenvalue weighted by Crippen LogP contribution is -2.10. The fourth-order valence-corrected chi connectivity index (χ4v) is 2.13. The molecule has 0 aliphatic carbocycles. The van der Waals surface area contributed by atoms with Gasteiger partial charge in [-0.1, -0.05) is 22.9 Å². The van der Waals surface area contributed by atoms with Crippen LogP contribution >= 0.6 is 15.9 Å². The van der Waals surface area contributed by atoms with Crippen molar-refractivity contribution in [3.8, 4) is 0 Å². The first kappa shape index (κ1) is 9.71. The quantitative estimate of drug-likeness (QED) is 0.768. The van der Waals surface area contributed by atoms with Gasteiger partial charge in [0.25, 0.3) is 0 Å². The van der Waals surface area contributed by atoms with Crippen LogP contribution in [-0.4, -0.2) is 12.3 Å². The first-order chi connectivity index (χ1) is 6.68.